The Labute approximate surface area is 113 Å². The second-order valence-electron chi connectivity index (χ2n) is 5.05. The van der Waals surface area contributed by atoms with Crippen LogP contribution in [0.2, 0.25) is 0 Å². The largest absolute Gasteiger partial charge is 0.497 e. The van der Waals surface area contributed by atoms with E-state index < -0.39 is 6.10 Å². The van der Waals surface area contributed by atoms with Crippen molar-refractivity contribution in [2.75, 3.05) is 13.7 Å². The molecule has 0 saturated heterocycles. The molecule has 0 aromatic heterocycles. The molecule has 2 N–H and O–H groups in total. The average Bonchev–Trinajstić information content (AvgIpc) is 2.98. The first kappa shape index (κ1) is 13.9. The number of ether oxygens (including phenoxy) is 1. The molecule has 0 spiro atoms. The minimum atomic E-state index is -0.426. The fourth-order valence-electron chi connectivity index (χ4n) is 2.55. The van der Waals surface area contributed by atoms with Crippen LogP contribution in [0.15, 0.2) is 24.3 Å². The van der Waals surface area contributed by atoms with E-state index in [1.165, 1.54) is 12.8 Å². The molecule has 1 aromatic rings. The molecular weight excluding hydrogens is 242 g/mol. The van der Waals surface area contributed by atoms with Gasteiger partial charge in [0.2, 0.25) is 0 Å². The summed E-state index contributed by atoms with van der Waals surface area (Å²) in [6.07, 6.45) is 4.09. The third kappa shape index (κ3) is 3.70. The summed E-state index contributed by atoms with van der Waals surface area (Å²) < 4.78 is 5.04. The van der Waals surface area contributed by atoms with Gasteiger partial charge in [-0.2, -0.15) is 0 Å². The smallest absolute Gasteiger partial charge is 0.251 e. The highest BCUT2D eigenvalue weighted by Crippen LogP contribution is 2.27. The summed E-state index contributed by atoms with van der Waals surface area (Å²) in [5.41, 5.74) is 0.583. The Morgan fingerprint density at radius 1 is 1.37 bits per heavy atom. The normalized spacial score (nSPS) is 17.2. The first-order valence-electron chi connectivity index (χ1n) is 6.81. The van der Waals surface area contributed by atoms with Crippen LogP contribution in [0.1, 0.15) is 36.0 Å². The molecule has 19 heavy (non-hydrogen) atoms. The molecule has 1 saturated carbocycles. The summed E-state index contributed by atoms with van der Waals surface area (Å²) in [5, 5.41) is 12.8. The maximum absolute atomic E-state index is 11.9. The summed E-state index contributed by atoms with van der Waals surface area (Å²) >= 11 is 0. The van der Waals surface area contributed by atoms with Crippen molar-refractivity contribution in [3.8, 4) is 5.75 Å². The number of hydrogen-bond acceptors (Lipinski definition) is 3. The molecule has 1 fully saturated rings. The highest BCUT2D eigenvalue weighted by atomic mass is 16.5. The Bertz CT molecular complexity index is 410. The van der Waals surface area contributed by atoms with Crippen molar-refractivity contribution in [3.63, 3.8) is 0 Å². The molecule has 0 bridgehead atoms. The number of carbonyl (C=O) groups excluding carboxylic acids is 1. The van der Waals surface area contributed by atoms with E-state index in [4.69, 9.17) is 4.74 Å². The van der Waals surface area contributed by atoms with Gasteiger partial charge >= 0.3 is 0 Å². The van der Waals surface area contributed by atoms with Crippen LogP contribution in [0.25, 0.3) is 0 Å². The third-order valence-corrected chi connectivity index (χ3v) is 3.77. The number of aliphatic hydroxyl groups is 1. The zero-order chi connectivity index (χ0) is 13.7. The van der Waals surface area contributed by atoms with Crippen LogP contribution in [0.4, 0.5) is 0 Å². The summed E-state index contributed by atoms with van der Waals surface area (Å²) in [6, 6.07) is 6.94. The van der Waals surface area contributed by atoms with Crippen molar-refractivity contribution in [2.45, 2.75) is 31.8 Å². The maximum atomic E-state index is 11.9. The highest BCUT2D eigenvalue weighted by molar-refractivity contribution is 5.94. The van der Waals surface area contributed by atoms with E-state index in [-0.39, 0.29) is 5.91 Å². The lowest BCUT2D eigenvalue weighted by atomic mass is 10.0. The minimum absolute atomic E-state index is 0.153. The summed E-state index contributed by atoms with van der Waals surface area (Å²) in [7, 11) is 1.59. The zero-order valence-electron chi connectivity index (χ0n) is 11.3. The molecule has 4 nitrogen and oxygen atoms in total. The first-order valence-corrected chi connectivity index (χ1v) is 6.81. The van der Waals surface area contributed by atoms with Crippen LogP contribution in [0, 0.1) is 5.92 Å². The van der Waals surface area contributed by atoms with E-state index in [1.54, 1.807) is 31.4 Å². The van der Waals surface area contributed by atoms with Crippen LogP contribution < -0.4 is 10.1 Å². The van der Waals surface area contributed by atoms with E-state index in [1.807, 2.05) is 0 Å². The number of hydrogen-bond donors (Lipinski definition) is 2. The molecule has 0 heterocycles. The molecule has 1 unspecified atom stereocenters. The van der Waals surface area contributed by atoms with Crippen LogP contribution in [0.5, 0.6) is 5.75 Å². The lowest BCUT2D eigenvalue weighted by Gasteiger charge is -2.18. The van der Waals surface area contributed by atoms with Crippen LogP contribution >= 0.6 is 0 Å². The van der Waals surface area contributed by atoms with Crippen molar-refractivity contribution in [3.05, 3.63) is 29.8 Å². The van der Waals surface area contributed by atoms with Crippen molar-refractivity contribution >= 4 is 5.91 Å². The molecule has 1 atom stereocenters. The van der Waals surface area contributed by atoms with E-state index >= 15 is 0 Å². The van der Waals surface area contributed by atoms with Gasteiger partial charge in [-0.25, -0.2) is 0 Å². The highest BCUT2D eigenvalue weighted by Gasteiger charge is 2.23. The lowest BCUT2D eigenvalue weighted by Crippen LogP contribution is -2.35. The first-order chi connectivity index (χ1) is 9.20. The fraction of sp³-hybridized carbons (Fsp3) is 0.533. The second-order valence-corrected chi connectivity index (χ2v) is 5.05. The lowest BCUT2D eigenvalue weighted by molar-refractivity contribution is 0.0840. The van der Waals surface area contributed by atoms with Gasteiger partial charge < -0.3 is 15.2 Å². The molecule has 1 aliphatic rings. The van der Waals surface area contributed by atoms with E-state index in [0.29, 0.717) is 18.0 Å². The summed E-state index contributed by atoms with van der Waals surface area (Å²) in [5.74, 6) is 0.915. The average molecular weight is 263 g/mol. The van der Waals surface area contributed by atoms with Crippen molar-refractivity contribution < 1.29 is 14.6 Å². The number of rotatable bonds is 5. The van der Waals surface area contributed by atoms with E-state index in [2.05, 4.69) is 5.32 Å². The Kier molecular flexibility index (Phi) is 4.80. The van der Waals surface area contributed by atoms with Gasteiger partial charge in [0.1, 0.15) is 5.75 Å². The van der Waals surface area contributed by atoms with Gasteiger partial charge in [0.25, 0.3) is 5.91 Å². The van der Waals surface area contributed by atoms with Gasteiger partial charge in [0.05, 0.1) is 13.2 Å². The van der Waals surface area contributed by atoms with E-state index in [0.717, 1.165) is 18.6 Å². The Balaban J connectivity index is 1.82. The number of aliphatic hydroxyl groups excluding tert-OH is 1. The standard InChI is InChI=1S/C15H21NO3/c1-19-13-8-6-12(7-9-13)15(18)16-10-14(17)11-4-2-3-5-11/h6-9,11,14,17H,2-5,10H2,1H3,(H,16,18). The number of nitrogens with one attached hydrogen (secondary N) is 1. The predicted octanol–water partition coefficient (Wildman–Crippen LogP) is 1.98. The van der Waals surface area contributed by atoms with Gasteiger partial charge in [-0.1, -0.05) is 12.8 Å². The Morgan fingerprint density at radius 2 is 2.00 bits per heavy atom. The van der Waals surface area contributed by atoms with Gasteiger partial charge in [-0.3, -0.25) is 4.79 Å². The Morgan fingerprint density at radius 3 is 2.58 bits per heavy atom. The molecule has 2 rings (SSSR count). The summed E-state index contributed by atoms with van der Waals surface area (Å²) in [6.45, 7) is 0.329. The molecule has 1 aliphatic carbocycles. The second kappa shape index (κ2) is 6.57. The maximum Gasteiger partial charge on any atom is 0.251 e. The molecule has 1 aromatic carbocycles. The Hall–Kier alpha value is -1.55. The zero-order valence-corrected chi connectivity index (χ0v) is 11.3. The number of carbonyl (C=O) groups is 1. The third-order valence-electron chi connectivity index (χ3n) is 3.77. The van der Waals surface area contributed by atoms with Gasteiger partial charge in [0.15, 0.2) is 0 Å². The quantitative estimate of drug-likeness (QED) is 0.854. The molecule has 0 radical (unpaired) electrons. The number of methoxy groups -OCH3 is 1. The monoisotopic (exact) mass is 263 g/mol. The fourth-order valence-corrected chi connectivity index (χ4v) is 2.55. The van der Waals surface area contributed by atoms with Gasteiger partial charge in [0, 0.05) is 12.1 Å². The summed E-state index contributed by atoms with van der Waals surface area (Å²) in [4.78, 5) is 11.9. The van der Waals surface area contributed by atoms with Crippen LogP contribution in [-0.2, 0) is 0 Å². The molecule has 104 valence electrons. The minimum Gasteiger partial charge on any atom is -0.497 e. The van der Waals surface area contributed by atoms with Gasteiger partial charge in [-0.05, 0) is 43.0 Å². The molecule has 1 amide bonds. The SMILES string of the molecule is COc1ccc(C(=O)NCC(O)C2CCCC2)cc1. The topological polar surface area (TPSA) is 58.6 Å². The van der Waals surface area contributed by atoms with Crippen molar-refractivity contribution in [1.29, 1.82) is 0 Å². The van der Waals surface area contributed by atoms with Crippen LogP contribution in [0.3, 0.4) is 0 Å². The molecule has 4 heteroatoms. The van der Waals surface area contributed by atoms with Crippen molar-refractivity contribution in [2.24, 2.45) is 5.92 Å². The molecule has 0 aliphatic heterocycles. The van der Waals surface area contributed by atoms with Gasteiger partial charge in [-0.15, -0.1) is 0 Å². The predicted molar refractivity (Wildman–Crippen MR) is 73.3 cm³/mol. The number of amides is 1. The van der Waals surface area contributed by atoms with Crippen LogP contribution in [-0.4, -0.2) is 30.8 Å². The van der Waals surface area contributed by atoms with Crippen molar-refractivity contribution in [1.82, 2.24) is 5.32 Å². The number of benzene rings is 1. The molecular formula is C15H21NO3. The van der Waals surface area contributed by atoms with E-state index in [9.17, 15) is 9.90 Å².